The number of aliphatic imine (C=N–C) groups is 1. The fourth-order valence-electron chi connectivity index (χ4n) is 3.28. The quantitative estimate of drug-likeness (QED) is 0.684. The molecule has 23 heavy (non-hydrogen) atoms. The topological polar surface area (TPSA) is 47.9 Å². The number of likely N-dealkylation sites (N-methyl/N-ethyl adjacent to an activating group) is 1. The third-order valence-corrected chi connectivity index (χ3v) is 4.94. The molecule has 0 bridgehead atoms. The van der Waals surface area contributed by atoms with Gasteiger partial charge in [0.05, 0.1) is 6.54 Å². The number of hydrogen-bond acceptors (Lipinski definition) is 2. The number of guanidine groups is 1. The second-order valence-electron chi connectivity index (χ2n) is 6.28. The Labute approximate surface area is 139 Å². The Morgan fingerprint density at radius 1 is 1.30 bits per heavy atom. The van der Waals surface area contributed by atoms with Crippen molar-refractivity contribution in [1.82, 2.24) is 10.2 Å². The van der Waals surface area contributed by atoms with Crippen LogP contribution >= 0.6 is 0 Å². The molecule has 0 radical (unpaired) electrons. The lowest BCUT2D eigenvalue weighted by Gasteiger charge is -2.29. The van der Waals surface area contributed by atoms with Crippen LogP contribution in [-0.2, 0) is 10.2 Å². The Bertz CT molecular complexity index is 590. The van der Waals surface area contributed by atoms with Gasteiger partial charge in [-0.1, -0.05) is 32.0 Å². The molecule has 5 heteroatoms. The van der Waals surface area contributed by atoms with Crippen molar-refractivity contribution >= 4 is 17.6 Å². The van der Waals surface area contributed by atoms with Crippen molar-refractivity contribution in [2.45, 2.75) is 32.1 Å². The summed E-state index contributed by atoms with van der Waals surface area (Å²) < 4.78 is 0. The lowest BCUT2D eigenvalue weighted by molar-refractivity contribution is -0.127. The summed E-state index contributed by atoms with van der Waals surface area (Å²) in [4.78, 5) is 20.0. The summed E-state index contributed by atoms with van der Waals surface area (Å²) in [6, 6.07) is 8.53. The SMILES string of the molecule is CCC1(CC)CN(C(=NC)NCC(=O)N(C)C)c2ccccc21. The smallest absolute Gasteiger partial charge is 0.241 e. The molecular formula is C18H28N4O. The Kier molecular flexibility index (Phi) is 5.29. The standard InChI is InChI=1S/C18H28N4O/c1-6-18(7-2)13-22(15-11-9-8-10-14(15)18)17(19-3)20-12-16(23)21(4)5/h8-11H,6-7,12-13H2,1-5H3,(H,19,20). The third-order valence-electron chi connectivity index (χ3n) is 4.94. The van der Waals surface area contributed by atoms with Crippen molar-refractivity contribution in [2.75, 3.05) is 39.1 Å². The average Bonchev–Trinajstić information content (AvgIpc) is 2.90. The van der Waals surface area contributed by atoms with Gasteiger partial charge in [0.1, 0.15) is 0 Å². The van der Waals surface area contributed by atoms with E-state index in [9.17, 15) is 4.79 Å². The van der Waals surface area contributed by atoms with Crippen molar-refractivity contribution in [3.05, 3.63) is 29.8 Å². The van der Waals surface area contributed by atoms with Gasteiger partial charge in [-0.2, -0.15) is 0 Å². The number of rotatable bonds is 4. The maximum absolute atomic E-state index is 11.9. The molecule has 1 N–H and O–H groups in total. The number of nitrogens with zero attached hydrogens (tertiary/aromatic N) is 3. The molecule has 1 amide bonds. The molecule has 0 unspecified atom stereocenters. The molecule has 1 aromatic carbocycles. The first-order valence-electron chi connectivity index (χ1n) is 8.27. The molecule has 0 fully saturated rings. The van der Waals surface area contributed by atoms with Crippen LogP contribution in [0.3, 0.4) is 0 Å². The second kappa shape index (κ2) is 7.02. The largest absolute Gasteiger partial charge is 0.347 e. The summed E-state index contributed by atoms with van der Waals surface area (Å²) in [5.41, 5.74) is 2.73. The number of carbonyl (C=O) groups excluding carboxylic acids is 1. The van der Waals surface area contributed by atoms with Gasteiger partial charge in [0.2, 0.25) is 5.91 Å². The highest BCUT2D eigenvalue weighted by Crippen LogP contribution is 2.44. The molecule has 126 valence electrons. The van der Waals surface area contributed by atoms with Gasteiger partial charge in [-0.3, -0.25) is 9.79 Å². The maximum Gasteiger partial charge on any atom is 0.241 e. The van der Waals surface area contributed by atoms with E-state index in [0.29, 0.717) is 0 Å². The summed E-state index contributed by atoms with van der Waals surface area (Å²) in [5, 5.41) is 3.20. The first kappa shape index (κ1) is 17.3. The van der Waals surface area contributed by atoms with E-state index >= 15 is 0 Å². The number of nitrogens with one attached hydrogen (secondary N) is 1. The second-order valence-corrected chi connectivity index (χ2v) is 6.28. The molecule has 1 aliphatic heterocycles. The zero-order chi connectivity index (χ0) is 17.0. The molecule has 5 nitrogen and oxygen atoms in total. The molecule has 0 aliphatic carbocycles. The lowest BCUT2D eigenvalue weighted by Crippen LogP contribution is -2.46. The highest BCUT2D eigenvalue weighted by atomic mass is 16.2. The fourth-order valence-corrected chi connectivity index (χ4v) is 3.28. The number of amides is 1. The van der Waals surface area contributed by atoms with Crippen molar-refractivity contribution < 1.29 is 4.79 Å². The third kappa shape index (κ3) is 3.19. The van der Waals surface area contributed by atoms with Crippen LogP contribution in [0, 0.1) is 0 Å². The lowest BCUT2D eigenvalue weighted by atomic mass is 9.78. The number of anilines is 1. The summed E-state index contributed by atoms with van der Waals surface area (Å²) in [6.45, 7) is 5.64. The zero-order valence-electron chi connectivity index (χ0n) is 14.9. The number of carbonyl (C=O) groups is 1. The van der Waals surface area contributed by atoms with Crippen LogP contribution in [0.25, 0.3) is 0 Å². The van der Waals surface area contributed by atoms with Gasteiger partial charge in [-0.15, -0.1) is 0 Å². The number of para-hydroxylation sites is 1. The summed E-state index contributed by atoms with van der Waals surface area (Å²) in [5.74, 6) is 0.798. The Morgan fingerprint density at radius 3 is 2.52 bits per heavy atom. The van der Waals surface area contributed by atoms with E-state index in [1.807, 2.05) is 0 Å². The van der Waals surface area contributed by atoms with Gasteiger partial charge >= 0.3 is 0 Å². The molecule has 0 saturated heterocycles. The highest BCUT2D eigenvalue weighted by Gasteiger charge is 2.41. The predicted molar refractivity (Wildman–Crippen MR) is 96.1 cm³/mol. The summed E-state index contributed by atoms with van der Waals surface area (Å²) in [7, 11) is 5.29. The van der Waals surface area contributed by atoms with Crippen LogP contribution in [0.2, 0.25) is 0 Å². The molecule has 0 saturated carbocycles. The Balaban J connectivity index is 2.27. The van der Waals surface area contributed by atoms with E-state index in [-0.39, 0.29) is 17.9 Å². The first-order chi connectivity index (χ1) is 11.0. The highest BCUT2D eigenvalue weighted by molar-refractivity contribution is 6.00. The monoisotopic (exact) mass is 316 g/mol. The minimum atomic E-state index is 0.0379. The number of hydrogen-bond donors (Lipinski definition) is 1. The number of benzene rings is 1. The van der Waals surface area contributed by atoms with Crippen molar-refractivity contribution in [1.29, 1.82) is 0 Å². The van der Waals surface area contributed by atoms with Gasteiger partial charge in [-0.05, 0) is 24.5 Å². The van der Waals surface area contributed by atoms with E-state index in [2.05, 4.69) is 53.3 Å². The Hall–Kier alpha value is -2.04. The fraction of sp³-hybridized carbons (Fsp3) is 0.556. The van der Waals surface area contributed by atoms with E-state index in [1.165, 1.54) is 11.3 Å². The van der Waals surface area contributed by atoms with Gasteiger partial charge in [0.15, 0.2) is 5.96 Å². The minimum Gasteiger partial charge on any atom is -0.347 e. The molecule has 1 aromatic rings. The van der Waals surface area contributed by atoms with Gasteiger partial charge in [-0.25, -0.2) is 0 Å². The van der Waals surface area contributed by atoms with Crippen molar-refractivity contribution in [3.8, 4) is 0 Å². The predicted octanol–water partition coefficient (Wildman–Crippen LogP) is 2.23. The molecule has 0 atom stereocenters. The molecule has 1 heterocycles. The first-order valence-corrected chi connectivity index (χ1v) is 8.27. The summed E-state index contributed by atoms with van der Waals surface area (Å²) >= 11 is 0. The summed E-state index contributed by atoms with van der Waals surface area (Å²) in [6.07, 6.45) is 2.18. The van der Waals surface area contributed by atoms with E-state index in [1.54, 1.807) is 26.0 Å². The van der Waals surface area contributed by atoms with E-state index in [0.717, 1.165) is 25.3 Å². The van der Waals surface area contributed by atoms with E-state index in [4.69, 9.17) is 0 Å². The molecular weight excluding hydrogens is 288 g/mol. The zero-order valence-corrected chi connectivity index (χ0v) is 14.9. The number of fused-ring (bicyclic) bond motifs is 1. The molecule has 0 aromatic heterocycles. The van der Waals surface area contributed by atoms with Gasteiger partial charge < -0.3 is 15.1 Å². The van der Waals surface area contributed by atoms with Gasteiger partial charge in [0.25, 0.3) is 0 Å². The normalized spacial score (nSPS) is 16.2. The van der Waals surface area contributed by atoms with Crippen LogP contribution in [-0.4, -0.2) is 51.0 Å². The molecule has 2 rings (SSSR count). The molecule has 0 spiro atoms. The van der Waals surface area contributed by atoms with Crippen molar-refractivity contribution in [2.24, 2.45) is 4.99 Å². The minimum absolute atomic E-state index is 0.0379. The van der Waals surface area contributed by atoms with Crippen LogP contribution in [0.4, 0.5) is 5.69 Å². The van der Waals surface area contributed by atoms with Gasteiger partial charge in [0, 0.05) is 38.8 Å². The van der Waals surface area contributed by atoms with Crippen molar-refractivity contribution in [3.63, 3.8) is 0 Å². The maximum atomic E-state index is 11.9. The van der Waals surface area contributed by atoms with E-state index < -0.39 is 0 Å². The average molecular weight is 316 g/mol. The van der Waals surface area contributed by atoms with Crippen LogP contribution in [0.1, 0.15) is 32.3 Å². The van der Waals surface area contributed by atoms with Crippen LogP contribution < -0.4 is 10.2 Å². The van der Waals surface area contributed by atoms with Crippen LogP contribution in [0.5, 0.6) is 0 Å². The molecule has 1 aliphatic rings. The Morgan fingerprint density at radius 2 is 1.96 bits per heavy atom. The van der Waals surface area contributed by atoms with Crippen LogP contribution in [0.15, 0.2) is 29.3 Å².